The van der Waals surface area contributed by atoms with E-state index in [2.05, 4.69) is 0 Å². The first-order valence-corrected chi connectivity index (χ1v) is 6.79. The fourth-order valence-electron chi connectivity index (χ4n) is 1.86. The summed E-state index contributed by atoms with van der Waals surface area (Å²) in [4.78, 5) is 0. The second-order valence-electron chi connectivity index (χ2n) is 4.82. The summed E-state index contributed by atoms with van der Waals surface area (Å²) >= 11 is 0. The van der Waals surface area contributed by atoms with Crippen LogP contribution in [0.4, 0.5) is 4.39 Å². The lowest BCUT2D eigenvalue weighted by Crippen LogP contribution is -2.25. The molecule has 5 heteroatoms. The minimum atomic E-state index is -0.893. The number of halogens is 1. The molecular weight excluding hydrogens is 285 g/mol. The topological polar surface area (TPSA) is 62.5 Å². The molecule has 1 N–H and O–H groups in total. The summed E-state index contributed by atoms with van der Waals surface area (Å²) in [5.41, 5.74) is 0.885. The fraction of sp³-hybridized carbons (Fsp3) is 0.235. The van der Waals surface area contributed by atoms with E-state index in [1.165, 1.54) is 18.2 Å². The zero-order valence-corrected chi connectivity index (χ0v) is 12.1. The molecule has 114 valence electrons. The molecule has 2 aromatic rings. The molecule has 0 bridgehead atoms. The van der Waals surface area contributed by atoms with Gasteiger partial charge in [0, 0.05) is 0 Å². The number of rotatable bonds is 6. The van der Waals surface area contributed by atoms with E-state index in [4.69, 9.17) is 14.7 Å². The summed E-state index contributed by atoms with van der Waals surface area (Å²) in [6.07, 6.45) is -0.893. The molecule has 2 aromatic carbocycles. The molecule has 0 spiro atoms. The van der Waals surface area contributed by atoms with Gasteiger partial charge in [0.2, 0.25) is 0 Å². The van der Waals surface area contributed by atoms with Crippen LogP contribution >= 0.6 is 0 Å². The lowest BCUT2D eigenvalue weighted by Gasteiger charge is -2.14. The number of benzene rings is 2. The third-order valence-electron chi connectivity index (χ3n) is 2.95. The predicted octanol–water partition coefficient (Wildman–Crippen LogP) is 2.82. The van der Waals surface area contributed by atoms with E-state index in [1.54, 1.807) is 12.1 Å². The molecule has 0 aliphatic heterocycles. The number of nitriles is 1. The summed E-state index contributed by atoms with van der Waals surface area (Å²) in [5, 5.41) is 18.7. The van der Waals surface area contributed by atoms with E-state index in [0.717, 1.165) is 5.56 Å². The van der Waals surface area contributed by atoms with Crippen molar-refractivity contribution in [1.29, 1.82) is 5.26 Å². The quantitative estimate of drug-likeness (QED) is 0.891. The van der Waals surface area contributed by atoms with Gasteiger partial charge in [0.15, 0.2) is 0 Å². The minimum absolute atomic E-state index is 0.0423. The SMILES string of the molecule is Cc1cccc(OCC(O)COc2cccc(F)c2C#N)c1. The first-order valence-electron chi connectivity index (χ1n) is 6.79. The molecule has 0 heterocycles. The van der Waals surface area contributed by atoms with Gasteiger partial charge in [0.1, 0.15) is 48.3 Å². The Morgan fingerprint density at radius 3 is 2.64 bits per heavy atom. The number of hydrogen-bond donors (Lipinski definition) is 1. The summed E-state index contributed by atoms with van der Waals surface area (Å²) in [5.74, 6) is 0.116. The van der Waals surface area contributed by atoms with Gasteiger partial charge in [-0.1, -0.05) is 18.2 Å². The Kier molecular flexibility index (Phi) is 5.34. The van der Waals surface area contributed by atoms with E-state index in [1.807, 2.05) is 25.1 Å². The molecular formula is C17H16FNO3. The van der Waals surface area contributed by atoms with Crippen LogP contribution in [0.3, 0.4) is 0 Å². The molecule has 1 unspecified atom stereocenters. The van der Waals surface area contributed by atoms with Gasteiger partial charge in [-0.05, 0) is 36.8 Å². The van der Waals surface area contributed by atoms with Crippen molar-refractivity contribution in [1.82, 2.24) is 0 Å². The standard InChI is InChI=1S/C17H16FNO3/c1-12-4-2-5-14(8-12)21-10-13(20)11-22-17-7-3-6-16(18)15(17)9-19/h2-8,13,20H,10-11H2,1H3. The third-order valence-corrected chi connectivity index (χ3v) is 2.95. The number of aryl methyl sites for hydroxylation is 1. The van der Waals surface area contributed by atoms with Gasteiger partial charge in [-0.3, -0.25) is 0 Å². The van der Waals surface area contributed by atoms with Gasteiger partial charge in [0.05, 0.1) is 0 Å². The van der Waals surface area contributed by atoms with E-state index < -0.39 is 11.9 Å². The Bertz CT molecular complexity index is 682. The van der Waals surface area contributed by atoms with Crippen molar-refractivity contribution >= 4 is 0 Å². The number of hydrogen-bond acceptors (Lipinski definition) is 4. The van der Waals surface area contributed by atoms with E-state index in [-0.39, 0.29) is 24.5 Å². The average Bonchev–Trinajstić information content (AvgIpc) is 2.51. The highest BCUT2D eigenvalue weighted by Gasteiger charge is 2.12. The molecule has 0 fully saturated rings. The van der Waals surface area contributed by atoms with Crippen molar-refractivity contribution in [3.05, 3.63) is 59.4 Å². The second kappa shape index (κ2) is 7.43. The zero-order valence-electron chi connectivity index (χ0n) is 12.1. The molecule has 22 heavy (non-hydrogen) atoms. The van der Waals surface area contributed by atoms with Crippen LogP contribution in [0, 0.1) is 24.1 Å². The van der Waals surface area contributed by atoms with Crippen LogP contribution in [0.25, 0.3) is 0 Å². The maximum atomic E-state index is 13.4. The number of aliphatic hydroxyl groups excluding tert-OH is 1. The highest BCUT2D eigenvalue weighted by molar-refractivity contribution is 5.43. The van der Waals surface area contributed by atoms with Gasteiger partial charge in [-0.2, -0.15) is 5.26 Å². The highest BCUT2D eigenvalue weighted by atomic mass is 19.1. The molecule has 0 saturated carbocycles. The van der Waals surface area contributed by atoms with E-state index in [0.29, 0.717) is 5.75 Å². The Morgan fingerprint density at radius 2 is 1.91 bits per heavy atom. The molecule has 0 aliphatic carbocycles. The van der Waals surface area contributed by atoms with E-state index in [9.17, 15) is 9.50 Å². The van der Waals surface area contributed by atoms with Crippen molar-refractivity contribution in [3.8, 4) is 17.6 Å². The van der Waals surface area contributed by atoms with Gasteiger partial charge >= 0.3 is 0 Å². The lowest BCUT2D eigenvalue weighted by molar-refractivity contribution is 0.0624. The van der Waals surface area contributed by atoms with Crippen LogP contribution in [-0.2, 0) is 0 Å². The van der Waals surface area contributed by atoms with Crippen LogP contribution in [-0.4, -0.2) is 24.4 Å². The molecule has 4 nitrogen and oxygen atoms in total. The van der Waals surface area contributed by atoms with Crippen molar-refractivity contribution in [2.75, 3.05) is 13.2 Å². The van der Waals surface area contributed by atoms with Gasteiger partial charge in [-0.25, -0.2) is 4.39 Å². The smallest absolute Gasteiger partial charge is 0.144 e. The maximum Gasteiger partial charge on any atom is 0.144 e. The van der Waals surface area contributed by atoms with Crippen LogP contribution in [0.1, 0.15) is 11.1 Å². The largest absolute Gasteiger partial charge is 0.491 e. The molecule has 0 aromatic heterocycles. The Labute approximate surface area is 128 Å². The molecule has 0 radical (unpaired) electrons. The van der Waals surface area contributed by atoms with Gasteiger partial charge in [0.25, 0.3) is 0 Å². The van der Waals surface area contributed by atoms with Crippen molar-refractivity contribution in [3.63, 3.8) is 0 Å². The zero-order chi connectivity index (χ0) is 15.9. The summed E-state index contributed by atoms with van der Waals surface area (Å²) in [6.45, 7) is 1.89. The number of aliphatic hydroxyl groups is 1. The van der Waals surface area contributed by atoms with Crippen LogP contribution in [0.15, 0.2) is 42.5 Å². The van der Waals surface area contributed by atoms with Crippen LogP contribution in [0.5, 0.6) is 11.5 Å². The molecule has 1 atom stereocenters. The predicted molar refractivity (Wildman–Crippen MR) is 79.3 cm³/mol. The fourth-order valence-corrected chi connectivity index (χ4v) is 1.86. The van der Waals surface area contributed by atoms with Crippen LogP contribution < -0.4 is 9.47 Å². The number of ether oxygens (including phenoxy) is 2. The first kappa shape index (κ1) is 15.8. The Balaban J connectivity index is 1.87. The summed E-state index contributed by atoms with van der Waals surface area (Å²) in [7, 11) is 0. The maximum absolute atomic E-state index is 13.4. The summed E-state index contributed by atoms with van der Waals surface area (Å²) in [6, 6.07) is 13.3. The van der Waals surface area contributed by atoms with Gasteiger partial charge < -0.3 is 14.6 Å². The second-order valence-corrected chi connectivity index (χ2v) is 4.82. The molecule has 2 rings (SSSR count). The Hall–Kier alpha value is -2.58. The molecule has 0 amide bonds. The number of nitrogens with zero attached hydrogens (tertiary/aromatic N) is 1. The normalized spacial score (nSPS) is 11.5. The monoisotopic (exact) mass is 301 g/mol. The van der Waals surface area contributed by atoms with Gasteiger partial charge in [-0.15, -0.1) is 0 Å². The highest BCUT2D eigenvalue weighted by Crippen LogP contribution is 2.20. The van der Waals surface area contributed by atoms with Crippen LogP contribution in [0.2, 0.25) is 0 Å². The average molecular weight is 301 g/mol. The van der Waals surface area contributed by atoms with Crippen molar-refractivity contribution < 1.29 is 19.0 Å². The van der Waals surface area contributed by atoms with E-state index >= 15 is 0 Å². The molecule has 0 saturated heterocycles. The van der Waals surface area contributed by atoms with Crippen molar-refractivity contribution in [2.45, 2.75) is 13.0 Å². The first-order chi connectivity index (χ1) is 10.6. The summed E-state index contributed by atoms with van der Waals surface area (Å²) < 4.78 is 24.1. The lowest BCUT2D eigenvalue weighted by atomic mass is 10.2. The minimum Gasteiger partial charge on any atom is -0.491 e. The molecule has 0 aliphatic rings. The third kappa shape index (κ3) is 4.21. The Morgan fingerprint density at radius 1 is 1.18 bits per heavy atom. The van der Waals surface area contributed by atoms with Crippen molar-refractivity contribution in [2.24, 2.45) is 0 Å².